The maximum atomic E-state index is 13.7. The number of nitrogens with one attached hydrogen (secondary N) is 3. The Morgan fingerprint density at radius 1 is 1.04 bits per heavy atom. The molecule has 16 heteroatoms. The molecule has 0 radical (unpaired) electrons. The summed E-state index contributed by atoms with van der Waals surface area (Å²) in [7, 11) is -0.908. The highest BCUT2D eigenvalue weighted by Crippen LogP contribution is 2.31. The fraction of sp³-hybridized carbons (Fsp3) is 0.441. The second-order valence-electron chi connectivity index (χ2n) is 11.9. The van der Waals surface area contributed by atoms with Crippen molar-refractivity contribution in [1.29, 1.82) is 0 Å². The fourth-order valence-electron chi connectivity index (χ4n) is 5.62. The second kappa shape index (κ2) is 16.8. The smallest absolute Gasteiger partial charge is 0.406 e. The number of carbonyl (C=O) groups excluding carboxylic acids is 3. The molecule has 2 aromatic carbocycles. The zero-order valence-corrected chi connectivity index (χ0v) is 28.7. The predicted molar refractivity (Wildman–Crippen MR) is 181 cm³/mol. The summed E-state index contributed by atoms with van der Waals surface area (Å²) in [6.45, 7) is 0.0512. The fourth-order valence-corrected chi connectivity index (χ4v) is 6.25. The number of halogens is 3. The van der Waals surface area contributed by atoms with Gasteiger partial charge in [0.25, 0.3) is 0 Å². The average Bonchev–Trinajstić information content (AvgIpc) is 3.41. The van der Waals surface area contributed by atoms with E-state index in [-0.39, 0.29) is 48.5 Å². The lowest BCUT2D eigenvalue weighted by molar-refractivity contribution is -0.146. The van der Waals surface area contributed by atoms with E-state index in [1.54, 1.807) is 36.4 Å². The number of alkyl halides is 3. The molecule has 0 unspecified atom stereocenters. The number of rotatable bonds is 13. The van der Waals surface area contributed by atoms with Crippen molar-refractivity contribution in [1.82, 2.24) is 14.8 Å². The number of carbonyl (C=O) groups is 3. The molecule has 50 heavy (non-hydrogen) atoms. The van der Waals surface area contributed by atoms with E-state index in [0.29, 0.717) is 48.2 Å². The van der Waals surface area contributed by atoms with E-state index in [4.69, 9.17) is 4.74 Å². The molecule has 1 aliphatic heterocycles. The molecular formula is C34H40F3N5O7S. The topological polar surface area (TPSA) is 148 Å². The minimum Gasteiger partial charge on any atom is -0.469 e. The minimum atomic E-state index is -4.48. The number of likely N-dealkylation sites (tertiary alicyclic amines) is 1. The Kier molecular flexibility index (Phi) is 12.8. The van der Waals surface area contributed by atoms with Crippen LogP contribution in [0.15, 0.2) is 53.4 Å². The van der Waals surface area contributed by atoms with Crippen LogP contribution in [0.4, 0.5) is 24.5 Å². The summed E-state index contributed by atoms with van der Waals surface area (Å²) in [5.74, 6) is 4.17. The van der Waals surface area contributed by atoms with E-state index in [9.17, 15) is 36.0 Å². The van der Waals surface area contributed by atoms with Crippen LogP contribution in [0.5, 0.6) is 0 Å². The number of hydrogen-bond acceptors (Lipinski definition) is 10. The molecule has 1 atom stereocenters. The molecule has 0 bridgehead atoms. The van der Waals surface area contributed by atoms with Crippen LogP contribution in [0.2, 0.25) is 0 Å². The number of fused-ring (bicyclic) bond motifs is 1. The molecule has 270 valence electrons. The van der Waals surface area contributed by atoms with Crippen molar-refractivity contribution in [2.24, 2.45) is 0 Å². The largest absolute Gasteiger partial charge is 0.469 e. The zero-order chi connectivity index (χ0) is 36.5. The number of benzene rings is 2. The van der Waals surface area contributed by atoms with Gasteiger partial charge < -0.3 is 30.0 Å². The van der Waals surface area contributed by atoms with Gasteiger partial charge in [0, 0.05) is 48.6 Å². The van der Waals surface area contributed by atoms with Crippen molar-refractivity contribution >= 4 is 50.0 Å². The molecule has 1 amide bonds. The third kappa shape index (κ3) is 10.9. The molecule has 0 spiro atoms. The third-order valence-electron chi connectivity index (χ3n) is 8.16. The van der Waals surface area contributed by atoms with Crippen LogP contribution < -0.4 is 16.0 Å². The standard InChI is InChI=1S/C34H40F3N5O7S/c1-48-32(44)14-13-29(33(45)49-2)40-31(43)21-41-18-15-24(16-19-41)39-28-7-4-8-30-27(28)20-25(42(30)22-34(35,36)37)6-5-17-38-23-9-11-26(12-10-23)50(3,46)47/h4,7-12,20,24,29,38-39H,13-19,21-22H2,1-3H3,(H,40,43)/t29-/m0/s1. The monoisotopic (exact) mass is 719 g/mol. The van der Waals surface area contributed by atoms with Crippen molar-refractivity contribution in [3.63, 3.8) is 0 Å². The Bertz CT molecular complexity index is 1840. The normalized spacial score (nSPS) is 14.7. The van der Waals surface area contributed by atoms with Crippen LogP contribution in [0.1, 0.15) is 31.4 Å². The summed E-state index contributed by atoms with van der Waals surface area (Å²) in [6, 6.07) is 11.8. The Hall–Kier alpha value is -4.75. The van der Waals surface area contributed by atoms with E-state index in [0.717, 1.165) is 10.8 Å². The number of esters is 2. The molecule has 0 saturated carbocycles. The average molecular weight is 720 g/mol. The van der Waals surface area contributed by atoms with Gasteiger partial charge in [0.05, 0.1) is 43.4 Å². The van der Waals surface area contributed by atoms with E-state index in [1.165, 1.54) is 26.4 Å². The van der Waals surface area contributed by atoms with Crippen LogP contribution >= 0.6 is 0 Å². The Morgan fingerprint density at radius 3 is 2.36 bits per heavy atom. The van der Waals surface area contributed by atoms with Gasteiger partial charge in [-0.3, -0.25) is 14.5 Å². The summed E-state index contributed by atoms with van der Waals surface area (Å²) >= 11 is 0. The molecule has 2 heterocycles. The number of sulfone groups is 1. The van der Waals surface area contributed by atoms with Gasteiger partial charge in [-0.1, -0.05) is 12.0 Å². The maximum absolute atomic E-state index is 13.7. The summed E-state index contributed by atoms with van der Waals surface area (Å²) in [5, 5.41) is 9.71. The van der Waals surface area contributed by atoms with Crippen LogP contribution in [0.25, 0.3) is 10.9 Å². The lowest BCUT2D eigenvalue weighted by Crippen LogP contribution is -2.48. The third-order valence-corrected chi connectivity index (χ3v) is 9.29. The summed E-state index contributed by atoms with van der Waals surface area (Å²) in [5.41, 5.74) is 1.85. The number of nitrogens with zero attached hydrogens (tertiary/aromatic N) is 2. The number of ether oxygens (including phenoxy) is 2. The van der Waals surface area contributed by atoms with Crippen LogP contribution in [-0.4, -0.2) is 101 Å². The van der Waals surface area contributed by atoms with Crippen LogP contribution in [0, 0.1) is 11.8 Å². The van der Waals surface area contributed by atoms with Crippen LogP contribution in [-0.2, 0) is 40.2 Å². The lowest BCUT2D eigenvalue weighted by atomic mass is 10.0. The van der Waals surface area contributed by atoms with Gasteiger partial charge in [0.2, 0.25) is 5.91 Å². The molecular weight excluding hydrogens is 679 g/mol. The van der Waals surface area contributed by atoms with Gasteiger partial charge in [-0.25, -0.2) is 13.2 Å². The van der Waals surface area contributed by atoms with Crippen molar-refractivity contribution < 1.29 is 45.4 Å². The second-order valence-corrected chi connectivity index (χ2v) is 13.9. The molecule has 1 aromatic heterocycles. The summed E-state index contributed by atoms with van der Waals surface area (Å²) in [4.78, 5) is 38.4. The first-order valence-corrected chi connectivity index (χ1v) is 17.7. The van der Waals surface area contributed by atoms with E-state index >= 15 is 0 Å². The number of hydrogen-bond donors (Lipinski definition) is 3. The Balaban J connectivity index is 1.39. The number of piperidine rings is 1. The van der Waals surface area contributed by atoms with Crippen molar-refractivity contribution in [3.8, 4) is 11.8 Å². The molecule has 1 saturated heterocycles. The first kappa shape index (κ1) is 38.1. The van der Waals surface area contributed by atoms with Gasteiger partial charge in [-0.05, 0) is 67.6 Å². The molecule has 3 aromatic rings. The zero-order valence-electron chi connectivity index (χ0n) is 27.9. The molecule has 1 aliphatic rings. The lowest BCUT2D eigenvalue weighted by Gasteiger charge is -2.32. The summed E-state index contributed by atoms with van der Waals surface area (Å²) in [6.07, 6.45) is -2.09. The van der Waals surface area contributed by atoms with Gasteiger partial charge in [0.1, 0.15) is 12.6 Å². The minimum absolute atomic E-state index is 0.0124. The molecule has 4 rings (SSSR count). The highest BCUT2D eigenvalue weighted by atomic mass is 32.2. The van der Waals surface area contributed by atoms with Gasteiger partial charge in [-0.15, -0.1) is 0 Å². The molecule has 12 nitrogen and oxygen atoms in total. The highest BCUT2D eigenvalue weighted by molar-refractivity contribution is 7.90. The number of anilines is 2. The van der Waals surface area contributed by atoms with Crippen molar-refractivity contribution in [3.05, 3.63) is 54.2 Å². The maximum Gasteiger partial charge on any atom is 0.406 e. The van der Waals surface area contributed by atoms with Gasteiger partial charge in [-0.2, -0.15) is 13.2 Å². The van der Waals surface area contributed by atoms with Crippen molar-refractivity contribution in [2.45, 2.75) is 55.4 Å². The SMILES string of the molecule is COC(=O)CC[C@H](NC(=O)CN1CCC(Nc2cccc3c2cc(C#CCNc2ccc(S(C)(=O)=O)cc2)n3CC(F)(F)F)CC1)C(=O)OC. The van der Waals surface area contributed by atoms with E-state index in [2.05, 4.69) is 32.5 Å². The Labute approximate surface area is 288 Å². The van der Waals surface area contributed by atoms with Gasteiger partial charge >= 0.3 is 18.1 Å². The highest BCUT2D eigenvalue weighted by Gasteiger charge is 2.30. The molecule has 0 aliphatic carbocycles. The van der Waals surface area contributed by atoms with Gasteiger partial charge in [0.15, 0.2) is 9.84 Å². The first-order chi connectivity index (χ1) is 23.7. The quantitative estimate of drug-likeness (QED) is 0.177. The first-order valence-electron chi connectivity index (χ1n) is 15.8. The number of amides is 1. The van der Waals surface area contributed by atoms with E-state index in [1.807, 2.05) is 4.90 Å². The molecule has 3 N–H and O–H groups in total. The number of aromatic nitrogens is 1. The van der Waals surface area contributed by atoms with Crippen molar-refractivity contribution in [2.75, 3.05) is 57.3 Å². The van der Waals surface area contributed by atoms with Crippen LogP contribution in [0.3, 0.4) is 0 Å². The summed E-state index contributed by atoms with van der Waals surface area (Å²) < 4.78 is 74.8. The van der Waals surface area contributed by atoms with E-state index < -0.39 is 40.5 Å². The Morgan fingerprint density at radius 2 is 1.74 bits per heavy atom. The predicted octanol–water partition coefficient (Wildman–Crippen LogP) is 3.56. The number of methoxy groups -OCH3 is 2. The molecule has 1 fully saturated rings.